The lowest BCUT2D eigenvalue weighted by atomic mass is 10.1. The molecule has 0 aromatic heterocycles. The van der Waals surface area contributed by atoms with Crippen LogP contribution in [-0.2, 0) is 18.9 Å². The fraction of sp³-hybridized carbons (Fsp3) is 0.750. The number of hydrogen-bond donors (Lipinski definition) is 0. The quantitative estimate of drug-likeness (QED) is 0.577. The van der Waals surface area contributed by atoms with Gasteiger partial charge < -0.3 is 18.9 Å². The van der Waals surface area contributed by atoms with Crippen molar-refractivity contribution in [3.8, 4) is 0 Å². The molecule has 0 amide bonds. The molecule has 76 valence electrons. The molecule has 2 saturated heterocycles. The Morgan fingerprint density at radius 3 is 2.50 bits per heavy atom. The molecule has 0 N–H and O–H groups in total. The van der Waals surface area contributed by atoms with E-state index in [0.717, 1.165) is 0 Å². The highest BCUT2D eigenvalue weighted by Gasteiger charge is 2.74. The van der Waals surface area contributed by atoms with E-state index in [2.05, 4.69) is 0 Å². The van der Waals surface area contributed by atoms with Crippen LogP contribution in [0, 0.1) is 0 Å². The van der Waals surface area contributed by atoms with E-state index in [1.165, 1.54) is 0 Å². The van der Waals surface area contributed by atoms with Gasteiger partial charge in [0.2, 0.25) is 0 Å². The Bertz CT molecular complexity index is 326. The Kier molecular flexibility index (Phi) is 1.20. The van der Waals surface area contributed by atoms with Crippen molar-refractivity contribution in [1.29, 1.82) is 0 Å². The van der Waals surface area contributed by atoms with E-state index in [4.69, 9.17) is 18.9 Å². The molecule has 2 aliphatic heterocycles. The number of carbonyl (C=O) groups is 2. The van der Waals surface area contributed by atoms with Crippen LogP contribution in [-0.4, -0.2) is 36.2 Å². The summed E-state index contributed by atoms with van der Waals surface area (Å²) in [5, 5.41) is 0. The first kappa shape index (κ1) is 7.90. The second-order valence-electron chi connectivity index (χ2n) is 3.73. The molecule has 0 bridgehead atoms. The monoisotopic (exact) mass is 200 g/mol. The van der Waals surface area contributed by atoms with Gasteiger partial charge in [-0.05, 0) is 6.92 Å². The molecule has 3 rings (SSSR count). The van der Waals surface area contributed by atoms with Crippen LogP contribution in [0.15, 0.2) is 0 Å². The van der Waals surface area contributed by atoms with Crippen molar-refractivity contribution in [2.24, 2.45) is 0 Å². The molecule has 0 spiro atoms. The van der Waals surface area contributed by atoms with Crippen LogP contribution in [0.25, 0.3) is 0 Å². The summed E-state index contributed by atoms with van der Waals surface area (Å²) < 4.78 is 19.6. The summed E-state index contributed by atoms with van der Waals surface area (Å²) in [4.78, 5) is 21.6. The Morgan fingerprint density at radius 2 is 2.00 bits per heavy atom. The molecule has 14 heavy (non-hydrogen) atoms. The molecule has 1 aliphatic carbocycles. The van der Waals surface area contributed by atoms with Crippen molar-refractivity contribution in [2.75, 3.05) is 0 Å². The predicted octanol–water partition coefficient (Wildman–Crippen LogP) is 0.588. The van der Waals surface area contributed by atoms with Crippen molar-refractivity contribution in [1.82, 2.24) is 0 Å². The maximum Gasteiger partial charge on any atom is 0.509 e. The zero-order chi connectivity index (χ0) is 9.92. The predicted molar refractivity (Wildman–Crippen MR) is 39.5 cm³/mol. The summed E-state index contributed by atoms with van der Waals surface area (Å²) in [5.41, 5.74) is -0.775. The number of hydrogen-bond acceptors (Lipinski definition) is 6. The molecule has 0 radical (unpaired) electrons. The zero-order valence-electron chi connectivity index (χ0n) is 7.39. The molecular weight excluding hydrogens is 192 g/mol. The van der Waals surface area contributed by atoms with Gasteiger partial charge in [0.25, 0.3) is 0 Å². The van der Waals surface area contributed by atoms with Gasteiger partial charge in [0.05, 0.1) is 0 Å². The van der Waals surface area contributed by atoms with Crippen LogP contribution in [0.1, 0.15) is 13.3 Å². The minimum atomic E-state index is -0.775. The van der Waals surface area contributed by atoms with Crippen LogP contribution in [0.2, 0.25) is 0 Å². The number of fused-ring (bicyclic) bond motifs is 1. The van der Waals surface area contributed by atoms with Gasteiger partial charge >= 0.3 is 12.3 Å². The summed E-state index contributed by atoms with van der Waals surface area (Å²) in [6, 6.07) is 0. The fourth-order valence-electron chi connectivity index (χ4n) is 2.07. The van der Waals surface area contributed by atoms with Crippen LogP contribution in [0.4, 0.5) is 9.59 Å². The minimum absolute atomic E-state index is 0.281. The molecular formula is C8H8O6. The highest BCUT2D eigenvalue weighted by Crippen LogP contribution is 2.53. The lowest BCUT2D eigenvalue weighted by Gasteiger charge is -2.17. The van der Waals surface area contributed by atoms with Crippen LogP contribution in [0.3, 0.4) is 0 Å². The summed E-state index contributed by atoms with van der Waals surface area (Å²) in [7, 11) is 0. The zero-order valence-corrected chi connectivity index (χ0v) is 7.39. The first-order valence-electron chi connectivity index (χ1n) is 4.39. The lowest BCUT2D eigenvalue weighted by Crippen LogP contribution is -2.38. The maximum atomic E-state index is 10.8. The Hall–Kier alpha value is -1.46. The lowest BCUT2D eigenvalue weighted by molar-refractivity contribution is -0.00277. The Labute approximate surface area is 79.1 Å². The van der Waals surface area contributed by atoms with Crippen molar-refractivity contribution in [3.63, 3.8) is 0 Å². The van der Waals surface area contributed by atoms with E-state index in [1.807, 2.05) is 0 Å². The van der Waals surface area contributed by atoms with Gasteiger partial charge in [0, 0.05) is 6.42 Å². The van der Waals surface area contributed by atoms with E-state index in [9.17, 15) is 9.59 Å². The molecule has 6 nitrogen and oxygen atoms in total. The number of ether oxygens (including phenoxy) is 4. The molecule has 3 fully saturated rings. The van der Waals surface area contributed by atoms with E-state index >= 15 is 0 Å². The van der Waals surface area contributed by atoms with Gasteiger partial charge in [0.15, 0.2) is 17.8 Å². The molecule has 4 atom stereocenters. The molecule has 6 heteroatoms. The third-order valence-corrected chi connectivity index (χ3v) is 2.81. The second-order valence-corrected chi connectivity index (χ2v) is 3.73. The molecule has 4 unspecified atom stereocenters. The number of rotatable bonds is 1. The van der Waals surface area contributed by atoms with Crippen molar-refractivity contribution in [3.05, 3.63) is 0 Å². The standard InChI is InChI=1S/C8H8O6/c1-3-5(13-6(9)11-3)8-2-4(8)12-7(10)14-8/h3-5H,2H2,1H3. The van der Waals surface area contributed by atoms with Gasteiger partial charge in [-0.15, -0.1) is 0 Å². The van der Waals surface area contributed by atoms with Crippen LogP contribution >= 0.6 is 0 Å². The number of cyclic esters (lactones) is 2. The summed E-state index contributed by atoms with van der Waals surface area (Å²) in [6.45, 7) is 1.70. The first-order valence-corrected chi connectivity index (χ1v) is 4.39. The largest absolute Gasteiger partial charge is 0.509 e. The molecule has 3 aliphatic rings. The maximum absolute atomic E-state index is 10.8. The molecule has 2 heterocycles. The van der Waals surface area contributed by atoms with Crippen LogP contribution < -0.4 is 0 Å². The van der Waals surface area contributed by atoms with Crippen LogP contribution in [0.5, 0.6) is 0 Å². The van der Waals surface area contributed by atoms with Crippen molar-refractivity contribution in [2.45, 2.75) is 37.3 Å². The van der Waals surface area contributed by atoms with E-state index in [-0.39, 0.29) is 6.10 Å². The first-order chi connectivity index (χ1) is 6.62. The van der Waals surface area contributed by atoms with Gasteiger partial charge in [-0.3, -0.25) is 0 Å². The van der Waals surface area contributed by atoms with E-state index in [1.54, 1.807) is 6.92 Å². The van der Waals surface area contributed by atoms with Gasteiger partial charge in [-0.2, -0.15) is 0 Å². The van der Waals surface area contributed by atoms with Gasteiger partial charge in [0.1, 0.15) is 6.10 Å². The van der Waals surface area contributed by atoms with Gasteiger partial charge in [-0.25, -0.2) is 9.59 Å². The van der Waals surface area contributed by atoms with Crippen molar-refractivity contribution < 1.29 is 28.5 Å². The minimum Gasteiger partial charge on any atom is -0.427 e. The highest BCUT2D eigenvalue weighted by atomic mass is 16.8. The molecule has 0 aromatic carbocycles. The van der Waals surface area contributed by atoms with Crippen molar-refractivity contribution >= 4 is 12.3 Å². The smallest absolute Gasteiger partial charge is 0.427 e. The third kappa shape index (κ3) is 0.804. The fourth-order valence-corrected chi connectivity index (χ4v) is 2.07. The van der Waals surface area contributed by atoms with Gasteiger partial charge in [-0.1, -0.05) is 0 Å². The summed E-state index contributed by atoms with van der Waals surface area (Å²) in [6.07, 6.45) is -2.06. The molecule has 0 aromatic rings. The topological polar surface area (TPSA) is 71.1 Å². The average Bonchev–Trinajstić information content (AvgIpc) is 2.48. The SMILES string of the molecule is CC1OC(=O)OC1C12CC1OC(=O)O2. The normalized spacial score (nSPS) is 48.8. The Morgan fingerprint density at radius 1 is 1.21 bits per heavy atom. The van der Waals surface area contributed by atoms with E-state index < -0.39 is 30.1 Å². The number of carbonyl (C=O) groups excluding carboxylic acids is 2. The Balaban J connectivity index is 1.84. The average molecular weight is 200 g/mol. The second kappa shape index (κ2) is 2.13. The highest BCUT2D eigenvalue weighted by molar-refractivity contribution is 5.68. The summed E-state index contributed by atoms with van der Waals surface area (Å²) in [5.74, 6) is 0. The van der Waals surface area contributed by atoms with E-state index in [0.29, 0.717) is 6.42 Å². The summed E-state index contributed by atoms with van der Waals surface area (Å²) >= 11 is 0. The molecule has 1 saturated carbocycles. The third-order valence-electron chi connectivity index (χ3n) is 2.81.